The van der Waals surface area contributed by atoms with Crippen LogP contribution in [0.1, 0.15) is 20.7 Å². The highest BCUT2D eigenvalue weighted by atomic mass is 127. The van der Waals surface area contributed by atoms with Gasteiger partial charge in [0.1, 0.15) is 6.10 Å². The minimum absolute atomic E-state index is 0.0541. The molecule has 2 aliphatic rings. The number of fused-ring (bicyclic) bond motifs is 1. The van der Waals surface area contributed by atoms with Crippen molar-refractivity contribution < 1.29 is 19.1 Å². The summed E-state index contributed by atoms with van der Waals surface area (Å²) in [6.07, 6.45) is -1.02. The number of carbonyl (C=O) groups is 3. The predicted molar refractivity (Wildman–Crippen MR) is 98.6 cm³/mol. The first-order valence-corrected chi connectivity index (χ1v) is 8.81. The van der Waals surface area contributed by atoms with Crippen molar-refractivity contribution in [2.24, 2.45) is 0 Å². The van der Waals surface area contributed by atoms with Crippen molar-refractivity contribution in [3.05, 3.63) is 63.2 Å². The number of imide groups is 1. The van der Waals surface area contributed by atoms with Gasteiger partial charge in [0.15, 0.2) is 0 Å². The van der Waals surface area contributed by atoms with E-state index in [0.717, 1.165) is 14.2 Å². The minimum Gasteiger partial charge on any atom is -0.442 e. The van der Waals surface area contributed by atoms with E-state index >= 15 is 0 Å². The minimum atomic E-state index is -0.549. The van der Waals surface area contributed by atoms with Crippen LogP contribution in [0.2, 0.25) is 0 Å². The van der Waals surface area contributed by atoms with Gasteiger partial charge in [0.05, 0.1) is 24.2 Å². The summed E-state index contributed by atoms with van der Waals surface area (Å²) in [7, 11) is 0. The number of halogens is 1. The summed E-state index contributed by atoms with van der Waals surface area (Å²) < 4.78 is 6.37. The number of hydrogen-bond acceptors (Lipinski definition) is 4. The molecule has 126 valence electrons. The van der Waals surface area contributed by atoms with Gasteiger partial charge in [-0.25, -0.2) is 4.79 Å². The Balaban J connectivity index is 1.51. The lowest BCUT2D eigenvalue weighted by molar-refractivity contribution is 0.0558. The van der Waals surface area contributed by atoms with Crippen LogP contribution in [-0.2, 0) is 4.74 Å². The van der Waals surface area contributed by atoms with Crippen LogP contribution in [0.25, 0.3) is 0 Å². The molecule has 0 aliphatic carbocycles. The standard InChI is InChI=1S/C18H13IN2O4/c19-11-4-3-5-12(8-11)20-9-13(25-18(20)24)10-21-16(22)14-6-1-2-7-15(14)17(21)23/h1-8,13H,9-10H2/t13-/m0/s1. The summed E-state index contributed by atoms with van der Waals surface area (Å²) in [6.45, 7) is 0.352. The number of amides is 3. The van der Waals surface area contributed by atoms with Gasteiger partial charge in [-0.15, -0.1) is 0 Å². The van der Waals surface area contributed by atoms with Crippen LogP contribution >= 0.6 is 22.6 Å². The van der Waals surface area contributed by atoms with Crippen LogP contribution in [0.5, 0.6) is 0 Å². The fourth-order valence-electron chi connectivity index (χ4n) is 3.08. The maximum Gasteiger partial charge on any atom is 0.414 e. The molecule has 2 aliphatic heterocycles. The Kier molecular flexibility index (Phi) is 3.95. The van der Waals surface area contributed by atoms with Crippen LogP contribution in [-0.4, -0.2) is 42.0 Å². The lowest BCUT2D eigenvalue weighted by Crippen LogP contribution is -2.38. The quantitative estimate of drug-likeness (QED) is 0.535. The third-order valence-corrected chi connectivity index (χ3v) is 4.93. The molecule has 1 fully saturated rings. The average molecular weight is 448 g/mol. The zero-order valence-corrected chi connectivity index (χ0v) is 15.2. The van der Waals surface area contributed by atoms with Gasteiger partial charge < -0.3 is 4.74 Å². The Hall–Kier alpha value is -2.42. The first-order chi connectivity index (χ1) is 12.0. The summed E-state index contributed by atoms with van der Waals surface area (Å²) in [5.41, 5.74) is 1.53. The van der Waals surface area contributed by atoms with E-state index in [4.69, 9.17) is 4.74 Å². The third-order valence-electron chi connectivity index (χ3n) is 4.26. The van der Waals surface area contributed by atoms with Crippen molar-refractivity contribution in [2.45, 2.75) is 6.10 Å². The maximum atomic E-state index is 12.4. The van der Waals surface area contributed by atoms with Gasteiger partial charge >= 0.3 is 6.09 Å². The molecule has 0 radical (unpaired) electrons. The van der Waals surface area contributed by atoms with E-state index in [2.05, 4.69) is 22.6 Å². The van der Waals surface area contributed by atoms with Crippen molar-refractivity contribution in [3.63, 3.8) is 0 Å². The van der Waals surface area contributed by atoms with Gasteiger partial charge in [0.25, 0.3) is 11.8 Å². The molecular formula is C18H13IN2O4. The van der Waals surface area contributed by atoms with E-state index < -0.39 is 12.2 Å². The van der Waals surface area contributed by atoms with Gasteiger partial charge in [0, 0.05) is 9.26 Å². The van der Waals surface area contributed by atoms with Crippen LogP contribution in [0.3, 0.4) is 0 Å². The molecule has 4 rings (SSSR count). The molecule has 0 aromatic heterocycles. The number of carbonyl (C=O) groups excluding carboxylic acids is 3. The van der Waals surface area contributed by atoms with Crippen LogP contribution in [0.4, 0.5) is 10.5 Å². The monoisotopic (exact) mass is 448 g/mol. The molecule has 25 heavy (non-hydrogen) atoms. The molecule has 0 unspecified atom stereocenters. The number of benzene rings is 2. The summed E-state index contributed by atoms with van der Waals surface area (Å²) in [6, 6.07) is 14.2. The smallest absolute Gasteiger partial charge is 0.414 e. The van der Waals surface area contributed by atoms with Crippen molar-refractivity contribution >= 4 is 46.2 Å². The molecule has 7 heteroatoms. The van der Waals surface area contributed by atoms with E-state index in [9.17, 15) is 14.4 Å². The normalized spacial score (nSPS) is 19.4. The SMILES string of the molecule is O=C1c2ccccc2C(=O)N1C[C@@H]1CN(c2cccc(I)c2)C(=O)O1. The molecular weight excluding hydrogens is 435 g/mol. The number of nitrogens with zero attached hydrogens (tertiary/aromatic N) is 2. The molecule has 0 saturated carbocycles. The highest BCUT2D eigenvalue weighted by Gasteiger charge is 2.40. The molecule has 2 aromatic rings. The second kappa shape index (κ2) is 6.14. The van der Waals surface area contributed by atoms with Gasteiger partial charge in [-0.3, -0.25) is 19.4 Å². The Morgan fingerprint density at radius 1 is 1.00 bits per heavy atom. The maximum absolute atomic E-state index is 12.4. The van der Waals surface area contributed by atoms with Crippen LogP contribution < -0.4 is 4.90 Å². The van der Waals surface area contributed by atoms with E-state index in [-0.39, 0.29) is 18.4 Å². The number of ether oxygens (including phenoxy) is 1. The first-order valence-electron chi connectivity index (χ1n) is 7.73. The topological polar surface area (TPSA) is 66.9 Å². The summed E-state index contributed by atoms with van der Waals surface area (Å²) in [4.78, 5) is 39.7. The Morgan fingerprint density at radius 2 is 1.68 bits per heavy atom. The Bertz CT molecular complexity index is 863. The molecule has 6 nitrogen and oxygen atoms in total. The van der Waals surface area contributed by atoms with Crippen molar-refractivity contribution in [3.8, 4) is 0 Å². The molecule has 3 amide bonds. The average Bonchev–Trinajstić information content (AvgIpc) is 3.09. The molecule has 0 N–H and O–H groups in total. The highest BCUT2D eigenvalue weighted by molar-refractivity contribution is 14.1. The Labute approximate surface area is 157 Å². The predicted octanol–water partition coefficient (Wildman–Crippen LogP) is 2.91. The second-order valence-corrected chi connectivity index (χ2v) is 7.11. The van der Waals surface area contributed by atoms with Gasteiger partial charge in [-0.2, -0.15) is 0 Å². The number of cyclic esters (lactones) is 1. The lowest BCUT2D eigenvalue weighted by atomic mass is 10.1. The number of rotatable bonds is 3. The van der Waals surface area contributed by atoms with E-state index in [0.29, 0.717) is 17.7 Å². The first kappa shape index (κ1) is 16.1. The van der Waals surface area contributed by atoms with Gasteiger partial charge in [0.2, 0.25) is 0 Å². The molecule has 1 saturated heterocycles. The van der Waals surface area contributed by atoms with E-state index in [1.165, 1.54) is 4.90 Å². The van der Waals surface area contributed by atoms with Gasteiger partial charge in [-0.1, -0.05) is 18.2 Å². The lowest BCUT2D eigenvalue weighted by Gasteiger charge is -2.17. The third kappa shape index (κ3) is 2.78. The molecule has 2 heterocycles. The fourth-order valence-corrected chi connectivity index (χ4v) is 3.61. The second-order valence-electron chi connectivity index (χ2n) is 5.86. The number of anilines is 1. The highest BCUT2D eigenvalue weighted by Crippen LogP contribution is 2.27. The molecule has 2 aromatic carbocycles. The largest absolute Gasteiger partial charge is 0.442 e. The van der Waals surface area contributed by atoms with Crippen LogP contribution in [0.15, 0.2) is 48.5 Å². The van der Waals surface area contributed by atoms with Crippen molar-refractivity contribution in [2.75, 3.05) is 18.0 Å². The van der Waals surface area contributed by atoms with E-state index in [1.54, 1.807) is 24.3 Å². The van der Waals surface area contributed by atoms with Gasteiger partial charge in [-0.05, 0) is 52.9 Å². The zero-order valence-electron chi connectivity index (χ0n) is 13.0. The van der Waals surface area contributed by atoms with Crippen LogP contribution in [0, 0.1) is 3.57 Å². The summed E-state index contributed by atoms with van der Waals surface area (Å²) >= 11 is 2.17. The summed E-state index contributed by atoms with van der Waals surface area (Å²) in [5.74, 6) is -0.686. The summed E-state index contributed by atoms with van der Waals surface area (Å²) in [5, 5.41) is 0. The Morgan fingerprint density at radius 3 is 2.32 bits per heavy atom. The van der Waals surface area contributed by atoms with Crippen molar-refractivity contribution in [1.82, 2.24) is 4.90 Å². The van der Waals surface area contributed by atoms with E-state index in [1.807, 2.05) is 24.3 Å². The zero-order chi connectivity index (χ0) is 17.6. The molecule has 0 spiro atoms. The molecule has 0 bridgehead atoms. The fraction of sp³-hybridized carbons (Fsp3) is 0.167. The number of hydrogen-bond donors (Lipinski definition) is 0. The molecule has 1 atom stereocenters. The van der Waals surface area contributed by atoms with Crippen molar-refractivity contribution in [1.29, 1.82) is 0 Å².